The smallest absolute Gasteiger partial charge is 0.326 e. The Balaban J connectivity index is 0. The summed E-state index contributed by atoms with van der Waals surface area (Å²) in [5.41, 5.74) is 0. The van der Waals surface area contributed by atoms with Gasteiger partial charge in [-0.15, -0.1) is 0 Å². The van der Waals surface area contributed by atoms with Crippen molar-refractivity contribution in [3.05, 3.63) is 0 Å². The first-order valence-corrected chi connectivity index (χ1v) is 41.0. The number of amides is 6. The second-order valence-corrected chi connectivity index (χ2v) is 28.1. The minimum atomic E-state index is -1.21. The molecule has 0 radical (unpaired) electrons. The molecule has 0 heterocycles. The van der Waals surface area contributed by atoms with Crippen LogP contribution in [0, 0.1) is 5.92 Å². The maximum atomic E-state index is 12.9. The molecule has 0 rings (SSSR count). The molecular formula is C79H141N7O26. The van der Waals surface area contributed by atoms with E-state index in [1.165, 1.54) is 6.92 Å². The molecule has 112 heavy (non-hydrogen) atoms. The Morgan fingerprint density at radius 1 is 0.286 bits per heavy atom. The highest BCUT2D eigenvalue weighted by molar-refractivity contribution is 5.87. The zero-order valence-corrected chi connectivity index (χ0v) is 67.3. The predicted octanol–water partition coefficient (Wildman–Crippen LogP) is 6.85. The maximum Gasteiger partial charge on any atom is 0.326 e. The van der Waals surface area contributed by atoms with Crippen LogP contribution in [-0.4, -0.2) is 259 Å². The van der Waals surface area contributed by atoms with Crippen molar-refractivity contribution in [1.82, 2.24) is 37.2 Å². The van der Waals surface area contributed by atoms with Crippen LogP contribution in [-0.2, 0) is 105 Å². The summed E-state index contributed by atoms with van der Waals surface area (Å²) in [5, 5.41) is 55.5. The minimum Gasteiger partial charge on any atom is -0.481 e. The van der Waals surface area contributed by atoms with Gasteiger partial charge in [-0.2, -0.15) is 0 Å². The molecule has 0 aromatic rings. The molecule has 0 aromatic carbocycles. The van der Waals surface area contributed by atoms with E-state index in [1.807, 2.05) is 6.92 Å². The molecular weight excluding hydrogens is 1460 g/mol. The summed E-state index contributed by atoms with van der Waals surface area (Å²) >= 11 is 0. The van der Waals surface area contributed by atoms with Crippen LogP contribution in [0.25, 0.3) is 0 Å². The standard InChI is InChI=1S/C79H139N7O26.H2/c1-62(29-23-25-41-80-73(94)60-112-56-52-108-48-44-83-75(96)61-111-55-49-105-45-27-30-64(88)37-38-67(78(101)102)85-71(92)33-19-15-11-7-3-5-9-13-17-21-35-76(97)98)69(90)57-84-66(63(2)87)32-24-26-42-81-74(95)59-110-54-50-106-46-28-31-65(89)58-109-53-51-107-47-43-82-70(91)40-39-68(79(103)104)86-72(93)34-20-16-12-8-4-6-10-14-18-22-36-77(99)100;/h62,66-68,84H,3-61H2,1-2H3,(H,80,94)(H,81,95)(H,82,91)(H,83,96)(H,85,92)(H,86,93)(H,97,98)(H,99,100)(H,101,102)(H,103,104);1H/t62-,66-,67-,68-;/m0./s1. The average molecular weight is 1610 g/mol. The fourth-order valence-corrected chi connectivity index (χ4v) is 11.4. The third-order valence-corrected chi connectivity index (χ3v) is 18.0. The zero-order chi connectivity index (χ0) is 82.7. The highest BCUT2D eigenvalue weighted by Gasteiger charge is 2.24. The first-order valence-electron chi connectivity index (χ1n) is 41.0. The molecule has 0 aromatic heterocycles. The van der Waals surface area contributed by atoms with E-state index in [2.05, 4.69) is 37.2 Å². The maximum absolute atomic E-state index is 12.9. The van der Waals surface area contributed by atoms with Crippen LogP contribution in [0.2, 0.25) is 0 Å². The van der Waals surface area contributed by atoms with Crippen molar-refractivity contribution in [2.75, 3.05) is 138 Å². The summed E-state index contributed by atoms with van der Waals surface area (Å²) in [6.07, 6.45) is 24.8. The van der Waals surface area contributed by atoms with Gasteiger partial charge in [0, 0.05) is 98.1 Å². The largest absolute Gasteiger partial charge is 0.481 e. The monoisotopic (exact) mass is 1600 g/mol. The number of hydrogen-bond acceptors (Lipinski definition) is 23. The molecule has 33 nitrogen and oxygen atoms in total. The first-order chi connectivity index (χ1) is 54.0. The minimum absolute atomic E-state index is 0. The van der Waals surface area contributed by atoms with E-state index in [0.29, 0.717) is 96.7 Å². The Hall–Kier alpha value is -6.98. The lowest BCUT2D eigenvalue weighted by atomic mass is 9.98. The van der Waals surface area contributed by atoms with Gasteiger partial charge in [-0.05, 0) is 90.4 Å². The number of carbonyl (C=O) groups is 14. The zero-order valence-electron chi connectivity index (χ0n) is 67.3. The van der Waals surface area contributed by atoms with Crippen LogP contribution in [0.1, 0.15) is 259 Å². The number of ether oxygens (including phenoxy) is 8. The van der Waals surface area contributed by atoms with Crippen molar-refractivity contribution in [2.45, 2.75) is 276 Å². The highest BCUT2D eigenvalue weighted by atomic mass is 16.5. The molecule has 4 atom stereocenters. The van der Waals surface area contributed by atoms with Crippen LogP contribution < -0.4 is 37.2 Å². The summed E-state index contributed by atoms with van der Waals surface area (Å²) in [7, 11) is 0. The number of nitrogens with one attached hydrogen (secondary N) is 7. The number of carboxylic acid groups (broad SMARTS) is 4. The van der Waals surface area contributed by atoms with Crippen LogP contribution in [0.5, 0.6) is 0 Å². The SMILES string of the molecule is CC(=O)[C@H](CCCCNC(=O)COCCOCCCC(=O)COCCOCCNC(=O)CC[C@H](NC(=O)CCCCCCCCCCCCC(=O)O)C(=O)O)NCC(=O)[C@@H](C)CCCCNC(=O)COCCOCCNC(=O)COCCOCCCC(=O)CC[C@H](NC(=O)CCCCCCCCCCCCC(=O)O)C(=O)O.[HH]. The van der Waals surface area contributed by atoms with Crippen molar-refractivity contribution in [3.63, 3.8) is 0 Å². The van der Waals surface area contributed by atoms with Crippen LogP contribution in [0.4, 0.5) is 0 Å². The molecule has 11 N–H and O–H groups in total. The molecule has 0 aliphatic carbocycles. The fraction of sp³-hybridized carbons (Fsp3) is 0.823. The first kappa shape index (κ1) is 105. The number of hydrogen-bond donors (Lipinski definition) is 11. The van der Waals surface area contributed by atoms with E-state index >= 15 is 0 Å². The lowest BCUT2D eigenvalue weighted by molar-refractivity contribution is -0.142. The van der Waals surface area contributed by atoms with Crippen molar-refractivity contribution < 1.29 is 127 Å². The Labute approximate surface area is 664 Å². The molecule has 0 fully saturated rings. The lowest BCUT2D eigenvalue weighted by Crippen LogP contribution is -2.41. The second-order valence-electron chi connectivity index (χ2n) is 28.1. The van der Waals surface area contributed by atoms with Gasteiger partial charge in [0.15, 0.2) is 5.78 Å². The average Bonchev–Trinajstić information content (AvgIpc) is 0.937. The van der Waals surface area contributed by atoms with Crippen LogP contribution >= 0.6 is 0 Å². The number of aliphatic carboxylic acids is 4. The van der Waals surface area contributed by atoms with E-state index in [9.17, 15) is 77.3 Å². The van der Waals surface area contributed by atoms with Gasteiger partial charge in [0.2, 0.25) is 35.4 Å². The predicted molar refractivity (Wildman–Crippen MR) is 417 cm³/mol. The Bertz CT molecular complexity index is 2590. The number of Topliss-reactive ketones (excluding diaryl/α,β-unsaturated/α-hetero) is 4. The van der Waals surface area contributed by atoms with E-state index in [4.69, 9.17) is 48.1 Å². The lowest BCUT2D eigenvalue weighted by Gasteiger charge is -2.17. The van der Waals surface area contributed by atoms with Gasteiger partial charge in [-0.25, -0.2) is 9.59 Å². The summed E-state index contributed by atoms with van der Waals surface area (Å²) in [5.74, 6) is -6.53. The van der Waals surface area contributed by atoms with Gasteiger partial charge in [0.05, 0.1) is 78.7 Å². The van der Waals surface area contributed by atoms with Crippen molar-refractivity contribution in [1.29, 1.82) is 0 Å². The van der Waals surface area contributed by atoms with Crippen molar-refractivity contribution >= 4 is 82.5 Å². The molecule has 0 aliphatic heterocycles. The van der Waals surface area contributed by atoms with E-state index < -0.39 is 42.0 Å². The number of unbranched alkanes of at least 4 members (excludes halogenated alkanes) is 20. The van der Waals surface area contributed by atoms with Crippen LogP contribution in [0.3, 0.4) is 0 Å². The third-order valence-electron chi connectivity index (χ3n) is 18.0. The Morgan fingerprint density at radius 3 is 1.03 bits per heavy atom. The second kappa shape index (κ2) is 75.4. The third kappa shape index (κ3) is 72.0. The molecule has 0 saturated carbocycles. The van der Waals surface area contributed by atoms with Gasteiger partial charge in [-0.3, -0.25) is 57.5 Å². The topological polar surface area (TPSA) is 478 Å². The summed E-state index contributed by atoms with van der Waals surface area (Å²) in [6.45, 7) is 6.46. The molecule has 0 spiro atoms. The van der Waals surface area contributed by atoms with E-state index in [-0.39, 0.29) is 249 Å². The number of carboxylic acids is 4. The number of carbonyl (C=O) groups excluding carboxylic acids is 10. The van der Waals surface area contributed by atoms with E-state index in [1.54, 1.807) is 0 Å². The van der Waals surface area contributed by atoms with Gasteiger partial charge in [-0.1, -0.05) is 116 Å². The summed E-state index contributed by atoms with van der Waals surface area (Å²) in [6, 6.07) is -2.82. The molecule has 0 bridgehead atoms. The quantitative estimate of drug-likeness (QED) is 0.0277. The van der Waals surface area contributed by atoms with Gasteiger partial charge < -0.3 is 95.5 Å². The molecule has 0 saturated heterocycles. The van der Waals surface area contributed by atoms with E-state index in [0.717, 1.165) is 103 Å². The number of ketones is 4. The van der Waals surface area contributed by atoms with Crippen molar-refractivity contribution in [3.8, 4) is 0 Å². The highest BCUT2D eigenvalue weighted by Crippen LogP contribution is 2.16. The molecule has 648 valence electrons. The molecule has 33 heteroatoms. The summed E-state index contributed by atoms with van der Waals surface area (Å²) < 4.78 is 43.3. The molecule has 0 unspecified atom stereocenters. The van der Waals surface area contributed by atoms with Gasteiger partial charge >= 0.3 is 23.9 Å². The van der Waals surface area contributed by atoms with Crippen LogP contribution in [0.15, 0.2) is 0 Å². The fourth-order valence-electron chi connectivity index (χ4n) is 11.4. The summed E-state index contributed by atoms with van der Waals surface area (Å²) in [4.78, 5) is 168. The van der Waals surface area contributed by atoms with Gasteiger partial charge in [0.1, 0.15) is 55.9 Å². The normalized spacial score (nSPS) is 12.3. The van der Waals surface area contributed by atoms with Crippen molar-refractivity contribution in [2.24, 2.45) is 5.92 Å². The van der Waals surface area contributed by atoms with Gasteiger partial charge in [0.25, 0.3) is 0 Å². The number of rotatable bonds is 85. The Kier molecular flexibility index (Phi) is 70.7. The molecule has 0 aliphatic rings. The molecule has 6 amide bonds. The Morgan fingerprint density at radius 2 is 0.625 bits per heavy atom.